The molecule has 0 radical (unpaired) electrons. The summed E-state index contributed by atoms with van der Waals surface area (Å²) >= 11 is 0. The Morgan fingerprint density at radius 3 is 3.05 bits per heavy atom. The van der Waals surface area contributed by atoms with Gasteiger partial charge in [-0.15, -0.1) is 0 Å². The van der Waals surface area contributed by atoms with Gasteiger partial charge in [-0.25, -0.2) is 4.39 Å². The van der Waals surface area contributed by atoms with E-state index in [2.05, 4.69) is 10.1 Å². The normalized spacial score (nSPS) is 10.4. The number of rotatable bonds is 5. The molecular weight excluding hydrogens is 249 g/mol. The van der Waals surface area contributed by atoms with Crippen molar-refractivity contribution in [1.29, 1.82) is 5.26 Å². The van der Waals surface area contributed by atoms with Crippen LogP contribution in [0.15, 0.2) is 22.7 Å². The van der Waals surface area contributed by atoms with E-state index in [1.165, 1.54) is 12.1 Å². The average molecular weight is 261 g/mol. The third-order valence-corrected chi connectivity index (χ3v) is 2.50. The largest absolute Gasteiger partial charge is 0.381 e. The van der Waals surface area contributed by atoms with Crippen LogP contribution in [0.5, 0.6) is 0 Å². The van der Waals surface area contributed by atoms with Crippen molar-refractivity contribution in [1.82, 2.24) is 10.1 Å². The number of halogens is 1. The number of hydrogen-bond acceptors (Lipinski definition) is 5. The third-order valence-electron chi connectivity index (χ3n) is 2.50. The molecule has 0 spiro atoms. The summed E-state index contributed by atoms with van der Waals surface area (Å²) in [4.78, 5) is 4.13. The standard InChI is InChI=1S/C13H12FN3O2/c1-2-18-7-6-12-16-13(19-17-12)9-4-3-5-11(14)10(9)8-15/h3-5H,2,6-7H2,1H3. The lowest BCUT2D eigenvalue weighted by Gasteiger charge is -1.98. The quantitative estimate of drug-likeness (QED) is 0.772. The molecule has 2 aromatic rings. The van der Waals surface area contributed by atoms with Crippen LogP contribution in [0.4, 0.5) is 4.39 Å². The van der Waals surface area contributed by atoms with Crippen LogP contribution in [0.3, 0.4) is 0 Å². The molecule has 0 saturated heterocycles. The van der Waals surface area contributed by atoms with Crippen LogP contribution >= 0.6 is 0 Å². The van der Waals surface area contributed by atoms with E-state index in [0.717, 1.165) is 0 Å². The molecule has 1 aromatic heterocycles. The van der Waals surface area contributed by atoms with Crippen molar-refractivity contribution < 1.29 is 13.7 Å². The van der Waals surface area contributed by atoms with Crippen molar-refractivity contribution in [2.75, 3.05) is 13.2 Å². The first-order valence-corrected chi connectivity index (χ1v) is 5.85. The molecule has 1 heterocycles. The maximum absolute atomic E-state index is 13.5. The van der Waals surface area contributed by atoms with Crippen LogP contribution in [-0.4, -0.2) is 23.4 Å². The molecular formula is C13H12FN3O2. The van der Waals surface area contributed by atoms with E-state index in [9.17, 15) is 4.39 Å². The second-order valence-electron chi connectivity index (χ2n) is 3.74. The predicted molar refractivity (Wildman–Crippen MR) is 64.6 cm³/mol. The fourth-order valence-corrected chi connectivity index (χ4v) is 1.59. The topological polar surface area (TPSA) is 71.9 Å². The first-order chi connectivity index (χ1) is 9.26. The van der Waals surface area contributed by atoms with Gasteiger partial charge < -0.3 is 9.26 Å². The third kappa shape index (κ3) is 2.95. The zero-order chi connectivity index (χ0) is 13.7. The average Bonchev–Trinajstić information content (AvgIpc) is 2.87. The van der Waals surface area contributed by atoms with Gasteiger partial charge in [0.05, 0.1) is 12.2 Å². The maximum Gasteiger partial charge on any atom is 0.259 e. The van der Waals surface area contributed by atoms with Gasteiger partial charge in [0.15, 0.2) is 5.82 Å². The molecule has 0 unspecified atom stereocenters. The molecule has 0 aliphatic rings. The van der Waals surface area contributed by atoms with Crippen molar-refractivity contribution in [3.63, 3.8) is 0 Å². The highest BCUT2D eigenvalue weighted by atomic mass is 19.1. The van der Waals surface area contributed by atoms with Gasteiger partial charge in [0.25, 0.3) is 5.89 Å². The van der Waals surface area contributed by atoms with Gasteiger partial charge in [-0.3, -0.25) is 0 Å². The summed E-state index contributed by atoms with van der Waals surface area (Å²) in [5, 5.41) is 12.7. The summed E-state index contributed by atoms with van der Waals surface area (Å²) in [7, 11) is 0. The molecule has 0 aliphatic heterocycles. The van der Waals surface area contributed by atoms with Crippen LogP contribution in [0.2, 0.25) is 0 Å². The molecule has 2 rings (SSSR count). The van der Waals surface area contributed by atoms with Gasteiger partial charge in [-0.2, -0.15) is 10.2 Å². The number of ether oxygens (including phenoxy) is 1. The monoisotopic (exact) mass is 261 g/mol. The van der Waals surface area contributed by atoms with E-state index < -0.39 is 5.82 Å². The van der Waals surface area contributed by atoms with E-state index >= 15 is 0 Å². The van der Waals surface area contributed by atoms with Crippen LogP contribution in [0, 0.1) is 17.1 Å². The highest BCUT2D eigenvalue weighted by molar-refractivity contribution is 5.63. The summed E-state index contributed by atoms with van der Waals surface area (Å²) in [6, 6.07) is 6.08. The number of nitrogens with zero attached hydrogens (tertiary/aromatic N) is 3. The summed E-state index contributed by atoms with van der Waals surface area (Å²) in [6.45, 7) is 3.00. The smallest absolute Gasteiger partial charge is 0.259 e. The summed E-state index contributed by atoms with van der Waals surface area (Å²) < 4.78 is 23.7. The Morgan fingerprint density at radius 1 is 1.47 bits per heavy atom. The van der Waals surface area contributed by atoms with Gasteiger partial charge in [-0.05, 0) is 19.1 Å². The SMILES string of the molecule is CCOCCc1noc(-c2cccc(F)c2C#N)n1. The number of hydrogen-bond donors (Lipinski definition) is 0. The first-order valence-electron chi connectivity index (χ1n) is 5.85. The molecule has 5 nitrogen and oxygen atoms in total. The minimum Gasteiger partial charge on any atom is -0.381 e. The molecule has 0 amide bonds. The minimum absolute atomic E-state index is 0.0949. The molecule has 1 aromatic carbocycles. The lowest BCUT2D eigenvalue weighted by Crippen LogP contribution is -1.99. The van der Waals surface area contributed by atoms with Gasteiger partial charge in [0, 0.05) is 13.0 Å². The Morgan fingerprint density at radius 2 is 2.32 bits per heavy atom. The van der Waals surface area contributed by atoms with Crippen molar-refractivity contribution >= 4 is 0 Å². The Bertz CT molecular complexity index is 604. The highest BCUT2D eigenvalue weighted by Gasteiger charge is 2.15. The molecule has 98 valence electrons. The van der Waals surface area contributed by atoms with Crippen molar-refractivity contribution in [3.05, 3.63) is 35.4 Å². The lowest BCUT2D eigenvalue weighted by atomic mass is 10.1. The van der Waals surface area contributed by atoms with Crippen LogP contribution < -0.4 is 0 Å². The minimum atomic E-state index is -0.603. The molecule has 0 atom stereocenters. The molecule has 0 aliphatic carbocycles. The zero-order valence-corrected chi connectivity index (χ0v) is 10.4. The number of aromatic nitrogens is 2. The van der Waals surface area contributed by atoms with E-state index in [-0.39, 0.29) is 11.5 Å². The zero-order valence-electron chi connectivity index (χ0n) is 10.4. The molecule has 0 N–H and O–H groups in total. The molecule has 19 heavy (non-hydrogen) atoms. The van der Waals surface area contributed by atoms with Crippen LogP contribution in [0.25, 0.3) is 11.5 Å². The molecule has 6 heteroatoms. The Labute approximate surface area is 109 Å². The highest BCUT2D eigenvalue weighted by Crippen LogP contribution is 2.23. The van der Waals surface area contributed by atoms with E-state index in [1.54, 1.807) is 12.1 Å². The lowest BCUT2D eigenvalue weighted by molar-refractivity contribution is 0.149. The van der Waals surface area contributed by atoms with Gasteiger partial charge in [0.2, 0.25) is 0 Å². The Kier molecular flexibility index (Phi) is 4.21. The fourth-order valence-electron chi connectivity index (χ4n) is 1.59. The molecule has 0 fully saturated rings. The van der Waals surface area contributed by atoms with E-state index in [4.69, 9.17) is 14.5 Å². The molecule has 0 saturated carbocycles. The van der Waals surface area contributed by atoms with Crippen molar-refractivity contribution in [2.45, 2.75) is 13.3 Å². The summed E-state index contributed by atoms with van der Waals surface area (Å²) in [5.41, 5.74) is 0.208. The Balaban J connectivity index is 2.24. The second-order valence-corrected chi connectivity index (χ2v) is 3.74. The number of nitriles is 1. The van der Waals surface area contributed by atoms with Gasteiger partial charge in [0.1, 0.15) is 17.4 Å². The van der Waals surface area contributed by atoms with Gasteiger partial charge in [-0.1, -0.05) is 11.2 Å². The van der Waals surface area contributed by atoms with Crippen LogP contribution in [0.1, 0.15) is 18.3 Å². The van der Waals surface area contributed by atoms with Gasteiger partial charge >= 0.3 is 0 Å². The first kappa shape index (κ1) is 13.2. The van der Waals surface area contributed by atoms with E-state index in [0.29, 0.717) is 31.0 Å². The summed E-state index contributed by atoms with van der Waals surface area (Å²) in [5.74, 6) is 0.00761. The van der Waals surface area contributed by atoms with Crippen LogP contribution in [-0.2, 0) is 11.2 Å². The molecule has 0 bridgehead atoms. The second kappa shape index (κ2) is 6.07. The van der Waals surface area contributed by atoms with Crippen molar-refractivity contribution in [3.8, 4) is 17.5 Å². The predicted octanol–water partition coefficient (Wildman–Crippen LogP) is 2.33. The maximum atomic E-state index is 13.5. The van der Waals surface area contributed by atoms with E-state index in [1.807, 2.05) is 6.92 Å². The van der Waals surface area contributed by atoms with Crippen molar-refractivity contribution in [2.24, 2.45) is 0 Å². The summed E-state index contributed by atoms with van der Waals surface area (Å²) in [6.07, 6.45) is 0.508. The Hall–Kier alpha value is -2.26. The fraction of sp³-hybridized carbons (Fsp3) is 0.308. The number of benzene rings is 1.